The third-order valence-electron chi connectivity index (χ3n) is 4.87. The van der Waals surface area contributed by atoms with E-state index in [0.29, 0.717) is 22.9 Å². The maximum atomic E-state index is 13.3. The Hall–Kier alpha value is -3.64. The van der Waals surface area contributed by atoms with Gasteiger partial charge in [-0.2, -0.15) is 0 Å². The third-order valence-corrected chi connectivity index (χ3v) is 5.11. The Labute approximate surface area is 188 Å². The van der Waals surface area contributed by atoms with Gasteiger partial charge in [-0.05, 0) is 59.2 Å². The third kappa shape index (κ3) is 5.15. The molecule has 1 N–H and O–H groups in total. The van der Waals surface area contributed by atoms with Crippen molar-refractivity contribution < 1.29 is 23.4 Å². The molecule has 32 heavy (non-hydrogen) atoms. The van der Waals surface area contributed by atoms with E-state index in [1.165, 1.54) is 12.1 Å². The summed E-state index contributed by atoms with van der Waals surface area (Å²) in [6.07, 6.45) is 1.77. The Bertz CT molecular complexity index is 1250. The Morgan fingerprint density at radius 2 is 1.62 bits per heavy atom. The van der Waals surface area contributed by atoms with Crippen molar-refractivity contribution in [2.24, 2.45) is 0 Å². The second kappa shape index (κ2) is 9.24. The van der Waals surface area contributed by atoms with E-state index >= 15 is 0 Å². The van der Waals surface area contributed by atoms with E-state index in [1.54, 1.807) is 53.2 Å². The average Bonchev–Trinajstić information content (AvgIpc) is 3.16. The number of aromatic carboxylic acids is 1. The van der Waals surface area contributed by atoms with Crippen molar-refractivity contribution in [2.45, 2.75) is 13.2 Å². The van der Waals surface area contributed by atoms with E-state index in [0.717, 1.165) is 22.8 Å². The molecule has 0 saturated heterocycles. The van der Waals surface area contributed by atoms with Crippen LogP contribution in [0, 0.1) is 11.6 Å². The van der Waals surface area contributed by atoms with Crippen molar-refractivity contribution in [3.05, 3.63) is 112 Å². The summed E-state index contributed by atoms with van der Waals surface area (Å²) in [4.78, 5) is 11.7. The molecule has 0 radical (unpaired) electrons. The lowest BCUT2D eigenvalue weighted by Crippen LogP contribution is -2.08. The standard InChI is InChI=1S/C25H18ClF2NO3/c26-20-3-1-2-16(8-20)13-29-14-19(11-24(29)25(30)31)18-4-6-23(7-5-18)32-15-17-9-21(27)12-22(28)10-17/h1-12,14H,13,15H2,(H,30,31). The lowest BCUT2D eigenvalue weighted by Gasteiger charge is -2.08. The van der Waals surface area contributed by atoms with E-state index in [1.807, 2.05) is 12.1 Å². The molecule has 1 aromatic heterocycles. The van der Waals surface area contributed by atoms with Gasteiger partial charge < -0.3 is 14.4 Å². The van der Waals surface area contributed by atoms with Crippen molar-refractivity contribution in [2.75, 3.05) is 0 Å². The van der Waals surface area contributed by atoms with Gasteiger partial charge >= 0.3 is 5.97 Å². The number of halogens is 3. The summed E-state index contributed by atoms with van der Waals surface area (Å²) in [6, 6.07) is 19.1. The first-order valence-corrected chi connectivity index (χ1v) is 10.1. The van der Waals surface area contributed by atoms with Crippen molar-refractivity contribution in [1.29, 1.82) is 0 Å². The second-order valence-corrected chi connectivity index (χ2v) is 7.70. The highest BCUT2D eigenvalue weighted by atomic mass is 35.5. The van der Waals surface area contributed by atoms with Crippen molar-refractivity contribution in [3.8, 4) is 16.9 Å². The van der Waals surface area contributed by atoms with Gasteiger partial charge in [-0.25, -0.2) is 13.6 Å². The lowest BCUT2D eigenvalue weighted by atomic mass is 10.1. The van der Waals surface area contributed by atoms with E-state index in [-0.39, 0.29) is 12.3 Å². The molecule has 4 aromatic rings. The summed E-state index contributed by atoms with van der Waals surface area (Å²) in [7, 11) is 0. The van der Waals surface area contributed by atoms with Gasteiger partial charge in [-0.3, -0.25) is 0 Å². The van der Waals surface area contributed by atoms with Gasteiger partial charge in [-0.1, -0.05) is 35.9 Å². The number of nitrogens with zero attached hydrogens (tertiary/aromatic N) is 1. The number of benzene rings is 3. The fourth-order valence-corrected chi connectivity index (χ4v) is 3.63. The van der Waals surface area contributed by atoms with Crippen LogP contribution in [-0.4, -0.2) is 15.6 Å². The van der Waals surface area contributed by atoms with E-state index in [4.69, 9.17) is 16.3 Å². The minimum Gasteiger partial charge on any atom is -0.489 e. The molecule has 162 valence electrons. The van der Waals surface area contributed by atoms with Gasteiger partial charge in [0.15, 0.2) is 0 Å². The Balaban J connectivity index is 1.51. The molecule has 7 heteroatoms. The van der Waals surface area contributed by atoms with Crippen LogP contribution in [0.3, 0.4) is 0 Å². The molecule has 4 rings (SSSR count). The molecule has 4 nitrogen and oxygen atoms in total. The second-order valence-electron chi connectivity index (χ2n) is 7.27. The fourth-order valence-electron chi connectivity index (χ4n) is 3.41. The van der Waals surface area contributed by atoms with Crippen LogP contribution in [0.2, 0.25) is 5.02 Å². The zero-order valence-electron chi connectivity index (χ0n) is 16.8. The first kappa shape index (κ1) is 21.6. The summed E-state index contributed by atoms with van der Waals surface area (Å²) in [5.41, 5.74) is 2.98. The lowest BCUT2D eigenvalue weighted by molar-refractivity contribution is 0.0685. The molecule has 0 bridgehead atoms. The van der Waals surface area contributed by atoms with Gasteiger partial charge in [0.2, 0.25) is 0 Å². The maximum absolute atomic E-state index is 13.3. The molecule has 0 fully saturated rings. The summed E-state index contributed by atoms with van der Waals surface area (Å²) in [5.74, 6) is -1.82. The highest BCUT2D eigenvalue weighted by molar-refractivity contribution is 6.30. The van der Waals surface area contributed by atoms with Gasteiger partial charge in [-0.15, -0.1) is 0 Å². The molecule has 0 unspecified atom stereocenters. The SMILES string of the molecule is O=C(O)c1cc(-c2ccc(OCc3cc(F)cc(F)c3)cc2)cn1Cc1cccc(Cl)c1. The number of hydrogen-bond acceptors (Lipinski definition) is 2. The van der Waals surface area contributed by atoms with Gasteiger partial charge in [0.1, 0.15) is 29.7 Å². The smallest absolute Gasteiger partial charge is 0.352 e. The monoisotopic (exact) mass is 453 g/mol. The highest BCUT2D eigenvalue weighted by Crippen LogP contribution is 2.26. The van der Waals surface area contributed by atoms with E-state index < -0.39 is 17.6 Å². The van der Waals surface area contributed by atoms with Gasteiger partial charge in [0, 0.05) is 29.4 Å². The number of hydrogen-bond donors (Lipinski definition) is 1. The molecule has 0 saturated carbocycles. The van der Waals surface area contributed by atoms with Crippen LogP contribution in [0.4, 0.5) is 8.78 Å². The zero-order chi connectivity index (χ0) is 22.7. The van der Waals surface area contributed by atoms with Gasteiger partial charge in [0.25, 0.3) is 0 Å². The van der Waals surface area contributed by atoms with Crippen molar-refractivity contribution in [3.63, 3.8) is 0 Å². The molecule has 1 heterocycles. The highest BCUT2D eigenvalue weighted by Gasteiger charge is 2.14. The molecule has 0 aliphatic carbocycles. The van der Waals surface area contributed by atoms with Crippen LogP contribution in [0.25, 0.3) is 11.1 Å². The first-order chi connectivity index (χ1) is 15.4. The van der Waals surface area contributed by atoms with Crippen LogP contribution in [-0.2, 0) is 13.2 Å². The van der Waals surface area contributed by atoms with Gasteiger partial charge in [0.05, 0.1) is 0 Å². The minimum atomic E-state index is -1.03. The number of carboxylic acids is 1. The number of carbonyl (C=O) groups is 1. The zero-order valence-corrected chi connectivity index (χ0v) is 17.5. The van der Waals surface area contributed by atoms with Crippen molar-refractivity contribution in [1.82, 2.24) is 4.57 Å². The average molecular weight is 454 g/mol. The maximum Gasteiger partial charge on any atom is 0.352 e. The Morgan fingerprint density at radius 1 is 0.906 bits per heavy atom. The number of ether oxygens (including phenoxy) is 1. The van der Waals surface area contributed by atoms with Crippen LogP contribution in [0.5, 0.6) is 5.75 Å². The van der Waals surface area contributed by atoms with Crippen LogP contribution in [0.1, 0.15) is 21.6 Å². The number of aromatic nitrogens is 1. The largest absolute Gasteiger partial charge is 0.489 e. The molecule has 0 amide bonds. The van der Waals surface area contributed by atoms with Crippen LogP contribution >= 0.6 is 11.6 Å². The molecule has 3 aromatic carbocycles. The van der Waals surface area contributed by atoms with Crippen LogP contribution < -0.4 is 4.74 Å². The summed E-state index contributed by atoms with van der Waals surface area (Å²) in [5, 5.41) is 10.2. The Morgan fingerprint density at radius 3 is 2.28 bits per heavy atom. The summed E-state index contributed by atoms with van der Waals surface area (Å²) >= 11 is 6.03. The number of carboxylic acid groups (broad SMARTS) is 1. The van der Waals surface area contributed by atoms with Crippen LogP contribution in [0.15, 0.2) is 79.0 Å². The molecular weight excluding hydrogens is 436 g/mol. The first-order valence-electron chi connectivity index (χ1n) is 9.73. The summed E-state index contributed by atoms with van der Waals surface area (Å²) in [6.45, 7) is 0.390. The predicted molar refractivity (Wildman–Crippen MR) is 118 cm³/mol. The van der Waals surface area contributed by atoms with E-state index in [2.05, 4.69) is 0 Å². The Kier molecular flexibility index (Phi) is 6.23. The molecule has 0 spiro atoms. The predicted octanol–water partition coefficient (Wildman–Crippen LogP) is 6.41. The normalized spacial score (nSPS) is 10.8. The fraction of sp³-hybridized carbons (Fsp3) is 0.0800. The minimum absolute atomic E-state index is 0.0210. The molecular formula is C25H18ClF2NO3. The quantitative estimate of drug-likeness (QED) is 0.351. The molecule has 0 atom stereocenters. The molecule has 0 aliphatic heterocycles. The van der Waals surface area contributed by atoms with E-state index in [9.17, 15) is 18.7 Å². The van der Waals surface area contributed by atoms with Crippen molar-refractivity contribution >= 4 is 17.6 Å². The summed E-state index contributed by atoms with van der Waals surface area (Å²) < 4.78 is 33.9. The topological polar surface area (TPSA) is 51.5 Å². The number of rotatable bonds is 7. The molecule has 0 aliphatic rings.